The third kappa shape index (κ3) is 1.93. The van der Waals surface area contributed by atoms with Gasteiger partial charge >= 0.3 is 6.18 Å². The first-order valence-corrected chi connectivity index (χ1v) is 8.82. The summed E-state index contributed by atoms with van der Waals surface area (Å²) in [6.45, 7) is 3.20. The van der Waals surface area contributed by atoms with Gasteiger partial charge in [0.2, 0.25) is 0 Å². The molecule has 27 heavy (non-hydrogen) atoms. The number of alkyl halides is 3. The zero-order valence-electron chi connectivity index (χ0n) is 14.9. The number of pyridine rings is 1. The number of hydrogen-bond donors (Lipinski definition) is 0. The second kappa shape index (κ2) is 5.10. The van der Waals surface area contributed by atoms with E-state index in [1.807, 2.05) is 31.2 Å². The minimum Gasteiger partial charge on any atom is -0.255 e. The Morgan fingerprint density at radius 3 is 2.37 bits per heavy atom. The van der Waals surface area contributed by atoms with Gasteiger partial charge in [-0.3, -0.25) is 4.98 Å². The molecule has 1 atom stereocenters. The first-order chi connectivity index (χ1) is 12.8. The van der Waals surface area contributed by atoms with Crippen molar-refractivity contribution in [1.82, 2.24) is 4.98 Å². The Morgan fingerprint density at radius 2 is 1.59 bits per heavy atom. The normalized spacial score (nSPS) is 18.7. The van der Waals surface area contributed by atoms with E-state index in [1.165, 1.54) is 6.92 Å². The van der Waals surface area contributed by atoms with Crippen molar-refractivity contribution in [3.05, 3.63) is 77.5 Å². The van der Waals surface area contributed by atoms with Gasteiger partial charge in [-0.2, -0.15) is 13.2 Å². The highest BCUT2D eigenvalue weighted by atomic mass is 19.4. The first kappa shape index (κ1) is 16.3. The molecule has 0 radical (unpaired) electrons. The van der Waals surface area contributed by atoms with Gasteiger partial charge in [0.05, 0.1) is 5.69 Å². The minimum absolute atomic E-state index is 0.262. The van der Waals surface area contributed by atoms with E-state index in [0.29, 0.717) is 16.6 Å². The lowest BCUT2D eigenvalue weighted by molar-refractivity contribution is -0.172. The van der Waals surface area contributed by atoms with Crippen LogP contribution >= 0.6 is 0 Å². The van der Waals surface area contributed by atoms with Crippen LogP contribution in [0.25, 0.3) is 32.8 Å². The fraction of sp³-hybridized carbons (Fsp3) is 0.174. The molecule has 0 aliphatic heterocycles. The molecule has 1 nitrogen and oxygen atoms in total. The standard InChI is InChI=1S/C23H16F3N/c1-13-12-27-21-16-9-5-6-10-17(16)22(2,23(24,25)26)18-11-14-7-3-4-8-15(14)19(13)20(18)21/h3-12H,1-2H3. The summed E-state index contributed by atoms with van der Waals surface area (Å²) in [7, 11) is 0. The summed E-state index contributed by atoms with van der Waals surface area (Å²) in [6.07, 6.45) is -2.67. The molecule has 5 rings (SSSR count). The minimum atomic E-state index is -4.43. The van der Waals surface area contributed by atoms with Gasteiger partial charge in [0, 0.05) is 17.1 Å². The van der Waals surface area contributed by atoms with Crippen LogP contribution in [0.2, 0.25) is 0 Å². The SMILES string of the molecule is Cc1cnc2c3c(cc4ccccc4c13)C(C)(C(F)(F)F)c1ccccc1-2. The summed E-state index contributed by atoms with van der Waals surface area (Å²) in [5, 5.41) is 3.25. The van der Waals surface area contributed by atoms with Crippen molar-refractivity contribution in [3.8, 4) is 11.3 Å². The summed E-state index contributed by atoms with van der Waals surface area (Å²) in [5.41, 5.74) is 0.537. The molecule has 134 valence electrons. The van der Waals surface area contributed by atoms with Crippen molar-refractivity contribution in [2.24, 2.45) is 0 Å². The fourth-order valence-electron chi connectivity index (χ4n) is 4.47. The van der Waals surface area contributed by atoms with E-state index in [9.17, 15) is 13.2 Å². The van der Waals surface area contributed by atoms with Crippen LogP contribution in [0, 0.1) is 6.92 Å². The molecule has 0 saturated carbocycles. The second-order valence-corrected chi connectivity index (χ2v) is 7.35. The van der Waals surface area contributed by atoms with Crippen LogP contribution < -0.4 is 0 Å². The number of nitrogens with zero attached hydrogens (tertiary/aromatic N) is 1. The maximum atomic E-state index is 14.5. The molecule has 0 fully saturated rings. The van der Waals surface area contributed by atoms with Gasteiger partial charge in [0.15, 0.2) is 0 Å². The van der Waals surface area contributed by atoms with Crippen LogP contribution in [0.15, 0.2) is 60.8 Å². The van der Waals surface area contributed by atoms with E-state index in [2.05, 4.69) is 4.98 Å². The number of rotatable bonds is 0. The van der Waals surface area contributed by atoms with Gasteiger partial charge in [-0.1, -0.05) is 48.5 Å². The first-order valence-electron chi connectivity index (χ1n) is 8.82. The Morgan fingerprint density at radius 1 is 0.889 bits per heavy atom. The lowest BCUT2D eigenvalue weighted by Gasteiger charge is -2.39. The average Bonchev–Trinajstić information content (AvgIpc) is 2.65. The van der Waals surface area contributed by atoms with Gasteiger partial charge in [-0.15, -0.1) is 0 Å². The predicted molar refractivity (Wildman–Crippen MR) is 102 cm³/mol. The molecule has 0 N–H and O–H groups in total. The van der Waals surface area contributed by atoms with Crippen LogP contribution in [0.5, 0.6) is 0 Å². The topological polar surface area (TPSA) is 12.9 Å². The number of halogens is 3. The Kier molecular flexibility index (Phi) is 3.08. The monoisotopic (exact) mass is 363 g/mol. The van der Waals surface area contributed by atoms with E-state index in [4.69, 9.17) is 0 Å². The molecule has 1 aliphatic rings. The lowest BCUT2D eigenvalue weighted by Crippen LogP contribution is -2.42. The summed E-state index contributed by atoms with van der Waals surface area (Å²) in [4.78, 5) is 4.57. The predicted octanol–water partition coefficient (Wildman–Crippen LogP) is 6.55. The molecular weight excluding hydrogens is 347 g/mol. The molecule has 0 amide bonds. The molecule has 4 heteroatoms. The highest BCUT2D eigenvalue weighted by molar-refractivity contribution is 6.16. The molecular formula is C23H16F3N. The fourth-order valence-corrected chi connectivity index (χ4v) is 4.47. The largest absolute Gasteiger partial charge is 0.402 e. The maximum absolute atomic E-state index is 14.5. The van der Waals surface area contributed by atoms with Crippen LogP contribution in [0.3, 0.4) is 0 Å². The summed E-state index contributed by atoms with van der Waals surface area (Å²) >= 11 is 0. The van der Waals surface area contributed by atoms with Gasteiger partial charge in [-0.25, -0.2) is 0 Å². The number of hydrogen-bond acceptors (Lipinski definition) is 1. The highest BCUT2D eigenvalue weighted by Crippen LogP contribution is 2.56. The smallest absolute Gasteiger partial charge is 0.255 e. The molecule has 0 spiro atoms. The van der Waals surface area contributed by atoms with Crippen LogP contribution in [0.4, 0.5) is 13.2 Å². The van der Waals surface area contributed by atoms with Crippen LogP contribution in [-0.2, 0) is 5.41 Å². The maximum Gasteiger partial charge on any atom is 0.402 e. The summed E-state index contributed by atoms with van der Waals surface area (Å²) in [6, 6.07) is 16.1. The number of fused-ring (bicyclic) bond motifs is 4. The summed E-state index contributed by atoms with van der Waals surface area (Å²) < 4.78 is 43.5. The molecule has 0 bridgehead atoms. The van der Waals surface area contributed by atoms with E-state index in [-0.39, 0.29) is 11.1 Å². The van der Waals surface area contributed by atoms with E-state index < -0.39 is 11.6 Å². The molecule has 1 aromatic heterocycles. The van der Waals surface area contributed by atoms with Gasteiger partial charge < -0.3 is 0 Å². The second-order valence-electron chi connectivity index (χ2n) is 7.35. The van der Waals surface area contributed by atoms with E-state index in [0.717, 1.165) is 21.7 Å². The number of benzene rings is 3. The zero-order chi connectivity index (χ0) is 19.0. The van der Waals surface area contributed by atoms with Crippen molar-refractivity contribution in [1.29, 1.82) is 0 Å². The number of aryl methyl sites for hydroxylation is 1. The summed E-state index contributed by atoms with van der Waals surface area (Å²) in [5.74, 6) is 0. The average molecular weight is 363 g/mol. The van der Waals surface area contributed by atoms with Gasteiger partial charge in [0.1, 0.15) is 5.41 Å². The Bertz CT molecular complexity index is 1240. The molecule has 0 saturated heterocycles. The molecule has 1 unspecified atom stereocenters. The van der Waals surface area contributed by atoms with Crippen molar-refractivity contribution >= 4 is 21.5 Å². The molecule has 4 aromatic rings. The lowest BCUT2D eigenvalue weighted by atomic mass is 9.67. The van der Waals surface area contributed by atoms with Gasteiger partial charge in [-0.05, 0) is 52.8 Å². The van der Waals surface area contributed by atoms with Crippen molar-refractivity contribution in [3.63, 3.8) is 0 Å². The molecule has 3 aromatic carbocycles. The Hall–Kier alpha value is -2.88. The third-order valence-corrected chi connectivity index (χ3v) is 5.89. The van der Waals surface area contributed by atoms with Gasteiger partial charge in [0.25, 0.3) is 0 Å². The Balaban J connectivity index is 2.12. The van der Waals surface area contributed by atoms with E-state index in [1.54, 1.807) is 36.5 Å². The Labute approximate surface area is 154 Å². The van der Waals surface area contributed by atoms with E-state index >= 15 is 0 Å². The van der Waals surface area contributed by atoms with Crippen LogP contribution in [-0.4, -0.2) is 11.2 Å². The molecule has 1 heterocycles. The van der Waals surface area contributed by atoms with Crippen molar-refractivity contribution < 1.29 is 13.2 Å². The molecule has 1 aliphatic carbocycles. The third-order valence-electron chi connectivity index (χ3n) is 5.89. The highest BCUT2D eigenvalue weighted by Gasteiger charge is 2.56. The zero-order valence-corrected chi connectivity index (χ0v) is 14.9. The number of aromatic nitrogens is 1. The van der Waals surface area contributed by atoms with Crippen LogP contribution in [0.1, 0.15) is 23.6 Å². The quantitative estimate of drug-likeness (QED) is 0.323. The van der Waals surface area contributed by atoms with Crippen molar-refractivity contribution in [2.75, 3.05) is 0 Å². The van der Waals surface area contributed by atoms with Crippen molar-refractivity contribution in [2.45, 2.75) is 25.4 Å².